The average molecular weight is 244 g/mol. The smallest absolute Gasteiger partial charge is 0.0776 e. The van der Waals surface area contributed by atoms with Gasteiger partial charge in [-0.2, -0.15) is 0 Å². The molecule has 1 unspecified atom stereocenters. The lowest BCUT2D eigenvalue weighted by atomic mass is 9.92. The molecular formula is C15H20N2O. The van der Waals surface area contributed by atoms with E-state index in [0.717, 1.165) is 11.9 Å². The predicted molar refractivity (Wildman–Crippen MR) is 74.5 cm³/mol. The van der Waals surface area contributed by atoms with Gasteiger partial charge in [-0.05, 0) is 38.0 Å². The zero-order valence-electron chi connectivity index (χ0n) is 11.2. The summed E-state index contributed by atoms with van der Waals surface area (Å²) in [4.78, 5) is 4.36. The van der Waals surface area contributed by atoms with E-state index in [1.54, 1.807) is 7.11 Å². The van der Waals surface area contributed by atoms with Crippen LogP contribution in [0.1, 0.15) is 19.4 Å². The van der Waals surface area contributed by atoms with Gasteiger partial charge in [-0.25, -0.2) is 0 Å². The Morgan fingerprint density at radius 2 is 2.00 bits per heavy atom. The Morgan fingerprint density at radius 3 is 2.72 bits per heavy atom. The van der Waals surface area contributed by atoms with Gasteiger partial charge >= 0.3 is 0 Å². The first-order valence-electron chi connectivity index (χ1n) is 6.18. The summed E-state index contributed by atoms with van der Waals surface area (Å²) in [7, 11) is 1.70. The van der Waals surface area contributed by atoms with Gasteiger partial charge in [0.05, 0.1) is 11.1 Å². The summed E-state index contributed by atoms with van der Waals surface area (Å²) in [5.74, 6) is 0. The molecule has 3 heteroatoms. The van der Waals surface area contributed by atoms with Crippen LogP contribution in [0.15, 0.2) is 36.5 Å². The third kappa shape index (κ3) is 2.52. The second kappa shape index (κ2) is 5.04. The summed E-state index contributed by atoms with van der Waals surface area (Å²) in [5.41, 5.74) is 8.14. The van der Waals surface area contributed by atoms with Crippen molar-refractivity contribution in [1.82, 2.24) is 4.98 Å². The van der Waals surface area contributed by atoms with Crippen LogP contribution >= 0.6 is 0 Å². The van der Waals surface area contributed by atoms with Gasteiger partial charge in [-0.15, -0.1) is 0 Å². The van der Waals surface area contributed by atoms with E-state index < -0.39 is 0 Å². The predicted octanol–water partition coefficient (Wildman–Crippen LogP) is 2.53. The van der Waals surface area contributed by atoms with Crippen LogP contribution in [0.2, 0.25) is 0 Å². The maximum Gasteiger partial charge on any atom is 0.0776 e. The normalized spacial score (nSPS) is 13.8. The number of pyridine rings is 1. The molecule has 3 nitrogen and oxygen atoms in total. The number of hydrogen-bond acceptors (Lipinski definition) is 3. The number of para-hydroxylation sites is 1. The molecule has 1 atom stereocenters. The molecule has 0 aliphatic rings. The van der Waals surface area contributed by atoms with Crippen LogP contribution in [0.3, 0.4) is 0 Å². The van der Waals surface area contributed by atoms with Crippen LogP contribution in [0.4, 0.5) is 0 Å². The number of ether oxygens (including phenoxy) is 1. The molecule has 1 aromatic carbocycles. The van der Waals surface area contributed by atoms with Crippen molar-refractivity contribution in [3.05, 3.63) is 42.1 Å². The van der Waals surface area contributed by atoms with Crippen LogP contribution in [-0.2, 0) is 11.2 Å². The minimum atomic E-state index is -0.329. The maximum atomic E-state index is 6.24. The zero-order valence-corrected chi connectivity index (χ0v) is 11.2. The van der Waals surface area contributed by atoms with E-state index in [2.05, 4.69) is 11.1 Å². The lowest BCUT2D eigenvalue weighted by molar-refractivity contribution is 0.000880. The number of rotatable bonds is 4. The fraction of sp³-hybridized carbons (Fsp3) is 0.400. The number of aromatic nitrogens is 1. The van der Waals surface area contributed by atoms with Gasteiger partial charge in [0.1, 0.15) is 0 Å². The van der Waals surface area contributed by atoms with Crippen molar-refractivity contribution in [2.75, 3.05) is 7.11 Å². The van der Waals surface area contributed by atoms with Gasteiger partial charge in [-0.1, -0.05) is 18.2 Å². The fourth-order valence-electron chi connectivity index (χ4n) is 1.97. The highest BCUT2D eigenvalue weighted by Gasteiger charge is 2.26. The third-order valence-electron chi connectivity index (χ3n) is 3.60. The highest BCUT2D eigenvalue weighted by molar-refractivity contribution is 5.81. The molecule has 96 valence electrons. The van der Waals surface area contributed by atoms with Crippen molar-refractivity contribution >= 4 is 10.9 Å². The van der Waals surface area contributed by atoms with Crippen LogP contribution < -0.4 is 5.73 Å². The molecule has 2 aromatic rings. The summed E-state index contributed by atoms with van der Waals surface area (Å²) >= 11 is 0. The molecule has 0 amide bonds. The van der Waals surface area contributed by atoms with Gasteiger partial charge in [0, 0.05) is 24.7 Å². The van der Waals surface area contributed by atoms with E-state index in [0.29, 0.717) is 0 Å². The van der Waals surface area contributed by atoms with Crippen molar-refractivity contribution in [3.8, 4) is 0 Å². The summed E-state index contributed by atoms with van der Waals surface area (Å²) < 4.78 is 5.44. The molecule has 0 fully saturated rings. The van der Waals surface area contributed by atoms with Gasteiger partial charge in [0.15, 0.2) is 0 Å². The first-order chi connectivity index (χ1) is 8.54. The summed E-state index contributed by atoms with van der Waals surface area (Å²) in [6.07, 6.45) is 2.62. The third-order valence-corrected chi connectivity index (χ3v) is 3.60. The van der Waals surface area contributed by atoms with Crippen LogP contribution in [0.25, 0.3) is 10.9 Å². The second-order valence-electron chi connectivity index (χ2n) is 5.11. The molecule has 0 aliphatic heterocycles. The number of methoxy groups -OCH3 is 1. The number of hydrogen-bond donors (Lipinski definition) is 1. The van der Waals surface area contributed by atoms with E-state index in [4.69, 9.17) is 10.5 Å². The topological polar surface area (TPSA) is 48.1 Å². The largest absolute Gasteiger partial charge is 0.377 e. The first kappa shape index (κ1) is 13.0. The molecule has 0 radical (unpaired) electrons. The Labute approximate surface area is 108 Å². The lowest BCUT2D eigenvalue weighted by Crippen LogP contribution is -2.46. The first-order valence-corrected chi connectivity index (χ1v) is 6.18. The minimum absolute atomic E-state index is 0.0479. The Bertz CT molecular complexity index is 532. The molecule has 18 heavy (non-hydrogen) atoms. The molecule has 0 saturated heterocycles. The number of nitrogens with two attached hydrogens (primary N) is 1. The van der Waals surface area contributed by atoms with Gasteiger partial charge in [-0.3, -0.25) is 4.98 Å². The monoisotopic (exact) mass is 244 g/mol. The molecule has 0 aliphatic carbocycles. The lowest BCUT2D eigenvalue weighted by Gasteiger charge is -2.30. The molecule has 0 saturated carbocycles. The molecule has 2 rings (SSSR count). The zero-order chi connectivity index (χ0) is 13.2. The van der Waals surface area contributed by atoms with Crippen LogP contribution in [0, 0.1) is 0 Å². The number of fused-ring (bicyclic) bond motifs is 1. The minimum Gasteiger partial charge on any atom is -0.377 e. The van der Waals surface area contributed by atoms with E-state index in [1.807, 2.05) is 44.3 Å². The Hall–Kier alpha value is -1.45. The summed E-state index contributed by atoms with van der Waals surface area (Å²) in [6.45, 7) is 4.03. The molecule has 2 N–H and O–H groups in total. The van der Waals surface area contributed by atoms with Gasteiger partial charge in [0.2, 0.25) is 0 Å². The quantitative estimate of drug-likeness (QED) is 0.899. The summed E-state index contributed by atoms with van der Waals surface area (Å²) in [5, 5.41) is 1.17. The van der Waals surface area contributed by atoms with E-state index in [-0.39, 0.29) is 11.6 Å². The van der Waals surface area contributed by atoms with Crippen LogP contribution in [-0.4, -0.2) is 23.7 Å². The Morgan fingerprint density at radius 1 is 1.28 bits per heavy atom. The van der Waals surface area contributed by atoms with Crippen molar-refractivity contribution in [2.45, 2.75) is 31.9 Å². The molecule has 0 bridgehead atoms. The summed E-state index contributed by atoms with van der Waals surface area (Å²) in [6, 6.07) is 10.1. The molecule has 0 spiro atoms. The molecular weight excluding hydrogens is 224 g/mol. The molecule has 1 heterocycles. The van der Waals surface area contributed by atoms with Crippen LogP contribution in [0.5, 0.6) is 0 Å². The van der Waals surface area contributed by atoms with Crippen molar-refractivity contribution in [1.29, 1.82) is 0 Å². The number of nitrogens with zero attached hydrogens (tertiary/aromatic N) is 1. The van der Waals surface area contributed by atoms with Gasteiger partial charge < -0.3 is 10.5 Å². The van der Waals surface area contributed by atoms with E-state index in [9.17, 15) is 0 Å². The van der Waals surface area contributed by atoms with E-state index in [1.165, 1.54) is 10.9 Å². The highest BCUT2D eigenvalue weighted by atomic mass is 16.5. The SMILES string of the molecule is COC(C)(C)C(N)Cc1ccnc2ccccc12. The van der Waals surface area contributed by atoms with Crippen molar-refractivity contribution in [3.63, 3.8) is 0 Å². The Balaban J connectivity index is 2.32. The van der Waals surface area contributed by atoms with Crippen molar-refractivity contribution < 1.29 is 4.74 Å². The second-order valence-corrected chi connectivity index (χ2v) is 5.11. The van der Waals surface area contributed by atoms with E-state index >= 15 is 0 Å². The molecule has 1 aromatic heterocycles. The number of benzene rings is 1. The van der Waals surface area contributed by atoms with Crippen molar-refractivity contribution in [2.24, 2.45) is 5.73 Å². The van der Waals surface area contributed by atoms with Gasteiger partial charge in [0.25, 0.3) is 0 Å². The average Bonchev–Trinajstić information content (AvgIpc) is 2.39. The highest BCUT2D eigenvalue weighted by Crippen LogP contribution is 2.21. The standard InChI is InChI=1S/C15H20N2O/c1-15(2,18-3)14(16)10-11-8-9-17-13-7-5-4-6-12(11)13/h4-9,14H,10,16H2,1-3H3. The maximum absolute atomic E-state index is 6.24. The Kier molecular flexibility index (Phi) is 3.64. The fourth-order valence-corrected chi connectivity index (χ4v) is 1.97.